The maximum atomic E-state index is 11.7. The van der Waals surface area contributed by atoms with E-state index in [1.54, 1.807) is 13.0 Å². The molecule has 0 radical (unpaired) electrons. The topological polar surface area (TPSA) is 91.5 Å². The Balaban J connectivity index is 0.000000621. The standard InChI is InChI=1S/C11H16N2O2.C3H6O2/c1-7-8(5-6-13-9(7)12)10(14)15-11(2,3)4;1-3(4)5-2/h5-6H,1-4H3,(H2,12,13);1-2H3. The SMILES string of the molecule is COC(C)=O.Cc1c(C(=O)OC(C)(C)C)ccnc1N. The normalized spacial score (nSPS) is 10.1. The minimum Gasteiger partial charge on any atom is -0.469 e. The largest absolute Gasteiger partial charge is 0.469 e. The summed E-state index contributed by atoms with van der Waals surface area (Å²) in [4.78, 5) is 25.2. The van der Waals surface area contributed by atoms with Crippen LogP contribution >= 0.6 is 0 Å². The molecule has 6 heteroatoms. The average molecular weight is 282 g/mol. The van der Waals surface area contributed by atoms with E-state index < -0.39 is 5.60 Å². The molecule has 0 unspecified atom stereocenters. The average Bonchev–Trinajstić information content (AvgIpc) is 2.31. The number of anilines is 1. The van der Waals surface area contributed by atoms with Crippen LogP contribution in [-0.2, 0) is 14.3 Å². The van der Waals surface area contributed by atoms with Crippen LogP contribution in [0.5, 0.6) is 0 Å². The molecule has 1 aromatic rings. The van der Waals surface area contributed by atoms with E-state index in [1.165, 1.54) is 20.2 Å². The number of methoxy groups -OCH3 is 1. The smallest absolute Gasteiger partial charge is 0.339 e. The Hall–Kier alpha value is -2.11. The van der Waals surface area contributed by atoms with E-state index in [0.717, 1.165) is 0 Å². The lowest BCUT2D eigenvalue weighted by Crippen LogP contribution is -2.24. The monoisotopic (exact) mass is 282 g/mol. The lowest BCUT2D eigenvalue weighted by atomic mass is 10.1. The number of carbonyl (C=O) groups excluding carboxylic acids is 2. The van der Waals surface area contributed by atoms with Gasteiger partial charge in [0.15, 0.2) is 0 Å². The predicted molar refractivity (Wildman–Crippen MR) is 76.2 cm³/mol. The van der Waals surface area contributed by atoms with Gasteiger partial charge in [-0.3, -0.25) is 4.79 Å². The highest BCUT2D eigenvalue weighted by atomic mass is 16.6. The quantitative estimate of drug-likeness (QED) is 0.793. The van der Waals surface area contributed by atoms with Crippen molar-refractivity contribution in [1.29, 1.82) is 0 Å². The van der Waals surface area contributed by atoms with Crippen LogP contribution in [0.25, 0.3) is 0 Å². The molecular formula is C14H22N2O4. The number of esters is 2. The first-order chi connectivity index (χ1) is 9.08. The summed E-state index contributed by atoms with van der Waals surface area (Å²) in [5.74, 6) is -0.252. The molecule has 1 heterocycles. The van der Waals surface area contributed by atoms with E-state index >= 15 is 0 Å². The highest BCUT2D eigenvalue weighted by molar-refractivity contribution is 5.92. The van der Waals surface area contributed by atoms with Gasteiger partial charge in [0.25, 0.3) is 0 Å². The van der Waals surface area contributed by atoms with Crippen LogP contribution in [0.15, 0.2) is 12.3 Å². The van der Waals surface area contributed by atoms with Gasteiger partial charge in [-0.1, -0.05) is 0 Å². The molecule has 0 spiro atoms. The van der Waals surface area contributed by atoms with Gasteiger partial charge < -0.3 is 15.2 Å². The number of rotatable bonds is 1. The molecule has 1 aromatic heterocycles. The third kappa shape index (κ3) is 6.72. The lowest BCUT2D eigenvalue weighted by molar-refractivity contribution is -0.137. The third-order valence-electron chi connectivity index (χ3n) is 2.15. The summed E-state index contributed by atoms with van der Waals surface area (Å²) in [6.45, 7) is 8.59. The summed E-state index contributed by atoms with van der Waals surface area (Å²) < 4.78 is 9.35. The summed E-state index contributed by atoms with van der Waals surface area (Å²) in [6, 6.07) is 1.61. The van der Waals surface area contributed by atoms with E-state index in [0.29, 0.717) is 16.9 Å². The van der Waals surface area contributed by atoms with Gasteiger partial charge in [-0.15, -0.1) is 0 Å². The maximum Gasteiger partial charge on any atom is 0.339 e. The number of aromatic nitrogens is 1. The second kappa shape index (κ2) is 7.47. The van der Waals surface area contributed by atoms with Crippen LogP contribution in [0.4, 0.5) is 5.82 Å². The van der Waals surface area contributed by atoms with E-state index in [-0.39, 0.29) is 11.9 Å². The van der Waals surface area contributed by atoms with E-state index in [4.69, 9.17) is 10.5 Å². The minimum atomic E-state index is -0.498. The van der Waals surface area contributed by atoms with Crippen LogP contribution < -0.4 is 5.73 Å². The second-order valence-electron chi connectivity index (χ2n) is 5.07. The van der Waals surface area contributed by atoms with E-state index in [2.05, 4.69) is 9.72 Å². The summed E-state index contributed by atoms with van der Waals surface area (Å²) in [5.41, 5.74) is 6.23. The van der Waals surface area contributed by atoms with Crippen molar-refractivity contribution in [2.45, 2.75) is 40.2 Å². The van der Waals surface area contributed by atoms with Gasteiger partial charge in [-0.05, 0) is 33.8 Å². The molecule has 20 heavy (non-hydrogen) atoms. The van der Waals surface area contributed by atoms with Gasteiger partial charge in [0.1, 0.15) is 11.4 Å². The molecule has 0 aromatic carbocycles. The number of nitrogens with two attached hydrogens (primary N) is 1. The fraction of sp³-hybridized carbons (Fsp3) is 0.500. The third-order valence-corrected chi connectivity index (χ3v) is 2.15. The second-order valence-corrected chi connectivity index (χ2v) is 5.07. The molecule has 112 valence electrons. The number of nitrogens with zero attached hydrogens (tertiary/aromatic N) is 1. The van der Waals surface area contributed by atoms with Crippen LogP contribution in [0.2, 0.25) is 0 Å². The van der Waals surface area contributed by atoms with Gasteiger partial charge >= 0.3 is 11.9 Å². The van der Waals surface area contributed by atoms with Gasteiger partial charge in [-0.2, -0.15) is 0 Å². The zero-order valence-corrected chi connectivity index (χ0v) is 12.8. The summed E-state index contributed by atoms with van der Waals surface area (Å²) in [7, 11) is 1.35. The zero-order chi connectivity index (χ0) is 15.9. The Bertz CT molecular complexity index is 479. The Morgan fingerprint density at radius 2 is 1.80 bits per heavy atom. The molecule has 1 rings (SSSR count). The van der Waals surface area contributed by atoms with Crippen molar-refractivity contribution in [2.75, 3.05) is 12.8 Å². The fourth-order valence-corrected chi connectivity index (χ4v) is 1.11. The van der Waals surface area contributed by atoms with Crippen molar-refractivity contribution in [3.05, 3.63) is 23.4 Å². The number of carbonyl (C=O) groups is 2. The van der Waals surface area contributed by atoms with E-state index in [1.807, 2.05) is 20.8 Å². The van der Waals surface area contributed by atoms with Crippen molar-refractivity contribution < 1.29 is 19.1 Å². The molecule has 2 N–H and O–H groups in total. The van der Waals surface area contributed by atoms with Crippen LogP contribution in [0, 0.1) is 6.92 Å². The molecular weight excluding hydrogens is 260 g/mol. The van der Waals surface area contributed by atoms with Crippen molar-refractivity contribution in [1.82, 2.24) is 4.98 Å². The Labute approximate surface area is 119 Å². The highest BCUT2D eigenvalue weighted by Crippen LogP contribution is 2.17. The number of hydrogen-bond acceptors (Lipinski definition) is 6. The van der Waals surface area contributed by atoms with Crippen LogP contribution in [0.3, 0.4) is 0 Å². The molecule has 0 saturated heterocycles. The minimum absolute atomic E-state index is 0.245. The van der Waals surface area contributed by atoms with Gasteiger partial charge in [0.2, 0.25) is 0 Å². The Kier molecular flexibility index (Phi) is 6.68. The molecule has 0 saturated carbocycles. The number of pyridine rings is 1. The van der Waals surface area contributed by atoms with Crippen molar-refractivity contribution in [3.63, 3.8) is 0 Å². The van der Waals surface area contributed by atoms with Gasteiger partial charge in [-0.25, -0.2) is 9.78 Å². The number of hydrogen-bond donors (Lipinski definition) is 1. The summed E-state index contributed by atoms with van der Waals surface area (Å²) in [5, 5.41) is 0. The number of nitrogen functional groups attached to an aromatic ring is 1. The van der Waals surface area contributed by atoms with Crippen molar-refractivity contribution in [3.8, 4) is 0 Å². The van der Waals surface area contributed by atoms with Crippen LogP contribution in [-0.4, -0.2) is 29.6 Å². The molecule has 0 bridgehead atoms. The van der Waals surface area contributed by atoms with Gasteiger partial charge in [0, 0.05) is 18.7 Å². The first kappa shape index (κ1) is 17.9. The first-order valence-corrected chi connectivity index (χ1v) is 6.07. The van der Waals surface area contributed by atoms with Crippen molar-refractivity contribution in [2.24, 2.45) is 0 Å². The molecule has 0 amide bonds. The Morgan fingerprint density at radius 1 is 1.30 bits per heavy atom. The summed E-state index contributed by atoms with van der Waals surface area (Å²) >= 11 is 0. The molecule has 0 fully saturated rings. The van der Waals surface area contributed by atoms with E-state index in [9.17, 15) is 9.59 Å². The predicted octanol–water partition coefficient (Wildman–Crippen LogP) is 2.11. The highest BCUT2D eigenvalue weighted by Gasteiger charge is 2.19. The zero-order valence-electron chi connectivity index (χ0n) is 12.8. The molecule has 6 nitrogen and oxygen atoms in total. The van der Waals surface area contributed by atoms with Crippen molar-refractivity contribution >= 4 is 17.8 Å². The molecule has 0 aliphatic rings. The fourth-order valence-electron chi connectivity index (χ4n) is 1.11. The Morgan fingerprint density at radius 3 is 2.20 bits per heavy atom. The van der Waals surface area contributed by atoms with Crippen LogP contribution in [0.1, 0.15) is 43.6 Å². The summed E-state index contributed by atoms with van der Waals surface area (Å²) in [6.07, 6.45) is 1.50. The van der Waals surface area contributed by atoms with Gasteiger partial charge in [0.05, 0.1) is 12.7 Å². The number of ether oxygens (including phenoxy) is 2. The molecule has 0 aliphatic carbocycles. The first-order valence-electron chi connectivity index (χ1n) is 6.07. The molecule has 0 atom stereocenters. The maximum absolute atomic E-state index is 11.7. The molecule has 0 aliphatic heterocycles. The lowest BCUT2D eigenvalue weighted by Gasteiger charge is -2.20.